The summed E-state index contributed by atoms with van der Waals surface area (Å²) in [5.74, 6) is 1.77. The Morgan fingerprint density at radius 1 is 0.466 bits per heavy atom. The van der Waals surface area contributed by atoms with Gasteiger partial charge in [-0.1, -0.05) is 113 Å². The average molecular weight is 789 g/mol. The molecule has 0 bridgehead atoms. The maximum atomic E-state index is 10.8. The first-order valence-corrected chi connectivity index (χ1v) is 20.7. The smallest absolute Gasteiger partial charge is 0.157 e. The normalized spacial score (nSPS) is 12.5. The van der Waals surface area contributed by atoms with Gasteiger partial charge in [0, 0.05) is 0 Å². The minimum absolute atomic E-state index is 0.0793. The second kappa shape index (κ2) is 22.5. The van der Waals surface area contributed by atoms with Crippen molar-refractivity contribution in [2.75, 3.05) is 0 Å². The first-order chi connectivity index (χ1) is 27.3. The number of hydrogen-bond acceptors (Lipinski definition) is 6. The molecular formula is C52H68O6. The molecule has 0 aliphatic carbocycles. The molecule has 6 heteroatoms. The molecule has 6 nitrogen and oxygen atoms in total. The molecule has 58 heavy (non-hydrogen) atoms. The fraction of sp³-hybridized carbons (Fsp3) is 0.385. The van der Waals surface area contributed by atoms with Crippen molar-refractivity contribution in [1.82, 2.24) is 0 Å². The van der Waals surface area contributed by atoms with Crippen molar-refractivity contribution in [3.05, 3.63) is 141 Å². The van der Waals surface area contributed by atoms with E-state index in [1.807, 2.05) is 25.1 Å². The van der Waals surface area contributed by atoms with Crippen LogP contribution in [0.3, 0.4) is 0 Å². The lowest BCUT2D eigenvalue weighted by atomic mass is 9.91. The van der Waals surface area contributed by atoms with E-state index in [9.17, 15) is 30.6 Å². The van der Waals surface area contributed by atoms with Gasteiger partial charge in [0.25, 0.3) is 0 Å². The molecule has 4 aromatic carbocycles. The maximum Gasteiger partial charge on any atom is 0.157 e. The highest BCUT2D eigenvalue weighted by Gasteiger charge is 2.14. The summed E-state index contributed by atoms with van der Waals surface area (Å²) in [7, 11) is 0. The molecule has 0 fully saturated rings. The van der Waals surface area contributed by atoms with Crippen molar-refractivity contribution in [1.29, 1.82) is 0 Å². The lowest BCUT2D eigenvalue weighted by Gasteiger charge is -2.16. The minimum Gasteiger partial charge on any atom is -0.507 e. The van der Waals surface area contributed by atoms with Crippen LogP contribution in [0.2, 0.25) is 0 Å². The number of phenolic OH excluding ortho intramolecular Hbond substituents is 6. The van der Waals surface area contributed by atoms with E-state index in [2.05, 4.69) is 111 Å². The van der Waals surface area contributed by atoms with Gasteiger partial charge in [-0.25, -0.2) is 0 Å². The Labute approximate surface area is 348 Å². The predicted molar refractivity (Wildman–Crippen MR) is 243 cm³/mol. The third-order valence-corrected chi connectivity index (χ3v) is 10.2. The number of aryl methyl sites for hydroxylation is 2. The van der Waals surface area contributed by atoms with E-state index in [0.717, 1.165) is 76.6 Å². The van der Waals surface area contributed by atoms with E-state index < -0.39 is 0 Å². The van der Waals surface area contributed by atoms with E-state index in [1.54, 1.807) is 18.2 Å². The van der Waals surface area contributed by atoms with Crippen LogP contribution in [0.5, 0.6) is 34.5 Å². The average Bonchev–Trinajstić information content (AvgIpc) is 3.16. The molecule has 0 spiro atoms. The van der Waals surface area contributed by atoms with Gasteiger partial charge in [-0.2, -0.15) is 0 Å². The summed E-state index contributed by atoms with van der Waals surface area (Å²) >= 11 is 0. The summed E-state index contributed by atoms with van der Waals surface area (Å²) in [4.78, 5) is 0. The Bertz CT molecular complexity index is 2070. The third-order valence-electron chi connectivity index (χ3n) is 10.2. The fourth-order valence-electron chi connectivity index (χ4n) is 6.34. The van der Waals surface area contributed by atoms with Gasteiger partial charge in [0.05, 0.1) is 0 Å². The van der Waals surface area contributed by atoms with Gasteiger partial charge < -0.3 is 30.6 Å². The zero-order valence-electron chi connectivity index (χ0n) is 36.5. The lowest BCUT2D eigenvalue weighted by molar-refractivity contribution is 0.403. The highest BCUT2D eigenvalue weighted by molar-refractivity contribution is 5.59. The molecule has 0 heterocycles. The summed E-state index contributed by atoms with van der Waals surface area (Å²) < 4.78 is 0. The van der Waals surface area contributed by atoms with Crippen LogP contribution < -0.4 is 0 Å². The molecule has 6 N–H and O–H groups in total. The zero-order chi connectivity index (χ0) is 43.1. The molecule has 4 aromatic rings. The van der Waals surface area contributed by atoms with Gasteiger partial charge in [0.2, 0.25) is 0 Å². The Balaban J connectivity index is 0.000000310. The Morgan fingerprint density at radius 2 is 0.897 bits per heavy atom. The van der Waals surface area contributed by atoms with Crippen LogP contribution in [0, 0.1) is 11.8 Å². The highest BCUT2D eigenvalue weighted by Crippen LogP contribution is 2.34. The number of allylic oxidation sites excluding steroid dienone is 6. The van der Waals surface area contributed by atoms with Crippen LogP contribution in [0.25, 0.3) is 12.2 Å². The summed E-state index contributed by atoms with van der Waals surface area (Å²) in [6, 6.07) is 18.0. The third kappa shape index (κ3) is 15.2. The van der Waals surface area contributed by atoms with Crippen molar-refractivity contribution in [2.45, 2.75) is 120 Å². The molecule has 0 aliphatic heterocycles. The van der Waals surface area contributed by atoms with E-state index in [0.29, 0.717) is 29.8 Å². The first kappa shape index (κ1) is 47.0. The van der Waals surface area contributed by atoms with Gasteiger partial charge in [-0.3, -0.25) is 0 Å². The van der Waals surface area contributed by atoms with Crippen molar-refractivity contribution in [3.63, 3.8) is 0 Å². The SMILES string of the molecule is CC(C)=CCc1cc(/C=C/C(C)c2ccc(O)c(O)c2)cc(CCC(C)C)c1O.CC(C)=CCc1cc(C(C)/C=C/c2ccc(O)c(O)c2)cc(CCC(C)C)c1O. The van der Waals surface area contributed by atoms with Crippen LogP contribution >= 0.6 is 0 Å². The van der Waals surface area contributed by atoms with Gasteiger partial charge in [0.1, 0.15) is 11.5 Å². The highest BCUT2D eigenvalue weighted by atomic mass is 16.3. The standard InChI is InChI=1S/2C26H34O3/c1-17(2)6-11-21-15-23(16-22(26(21)29)12-7-18(3)4)19(5)8-9-20-10-13-24(27)25(28)14-20;1-17(2)6-10-22-14-20(15-23(26(22)29)11-7-18(3)4)9-8-19(5)21-12-13-24(27)25(28)16-21/h6,8-10,13-16,18-19,27-29H,7,11-12H2,1-5H3;6,8-9,12-16,18-19,27-29H,7,10-11H2,1-5H3/b2*9-8+. The first-order valence-electron chi connectivity index (χ1n) is 20.7. The summed E-state index contributed by atoms with van der Waals surface area (Å²) in [5.41, 5.74) is 10.4. The molecule has 4 rings (SSSR count). The zero-order valence-corrected chi connectivity index (χ0v) is 36.5. The van der Waals surface area contributed by atoms with E-state index in [4.69, 9.17) is 0 Å². The lowest BCUT2D eigenvalue weighted by Crippen LogP contribution is -1.99. The molecule has 0 aliphatic rings. The van der Waals surface area contributed by atoms with Crippen molar-refractivity contribution in [3.8, 4) is 34.5 Å². The number of aromatic hydroxyl groups is 6. The summed E-state index contributed by atoms with van der Waals surface area (Å²) in [6.07, 6.45) is 17.7. The Morgan fingerprint density at radius 3 is 1.40 bits per heavy atom. The van der Waals surface area contributed by atoms with Gasteiger partial charge in [0.15, 0.2) is 23.0 Å². The van der Waals surface area contributed by atoms with Crippen LogP contribution in [0.4, 0.5) is 0 Å². The van der Waals surface area contributed by atoms with Crippen LogP contribution in [-0.4, -0.2) is 30.6 Å². The monoisotopic (exact) mass is 789 g/mol. The van der Waals surface area contributed by atoms with Gasteiger partial charge >= 0.3 is 0 Å². The Hall–Kier alpha value is -5.36. The van der Waals surface area contributed by atoms with E-state index >= 15 is 0 Å². The largest absolute Gasteiger partial charge is 0.507 e. The van der Waals surface area contributed by atoms with Gasteiger partial charge in [-0.15, -0.1) is 0 Å². The maximum absolute atomic E-state index is 10.8. The molecule has 2 atom stereocenters. The number of hydrogen-bond donors (Lipinski definition) is 6. The molecule has 0 saturated heterocycles. The minimum atomic E-state index is -0.121. The predicted octanol–water partition coefficient (Wildman–Crippen LogP) is 13.4. The quantitative estimate of drug-likeness (QED) is 0.0497. The second-order valence-corrected chi connectivity index (χ2v) is 17.0. The number of rotatable bonds is 16. The second-order valence-electron chi connectivity index (χ2n) is 17.0. The molecule has 0 amide bonds. The van der Waals surface area contributed by atoms with Crippen LogP contribution in [0.1, 0.15) is 138 Å². The topological polar surface area (TPSA) is 121 Å². The molecule has 0 radical (unpaired) electrons. The Kier molecular flexibility index (Phi) is 18.3. The van der Waals surface area contributed by atoms with Crippen LogP contribution in [-0.2, 0) is 25.7 Å². The van der Waals surface area contributed by atoms with E-state index in [-0.39, 0.29) is 34.8 Å². The van der Waals surface area contributed by atoms with Gasteiger partial charge in [-0.05, 0) is 171 Å². The molecule has 312 valence electrons. The van der Waals surface area contributed by atoms with Crippen molar-refractivity contribution < 1.29 is 30.6 Å². The van der Waals surface area contributed by atoms with Crippen molar-refractivity contribution >= 4 is 12.2 Å². The van der Waals surface area contributed by atoms with E-state index in [1.165, 1.54) is 23.3 Å². The summed E-state index contributed by atoms with van der Waals surface area (Å²) in [6.45, 7) is 21.2. The number of benzene rings is 4. The molecule has 2 unspecified atom stereocenters. The van der Waals surface area contributed by atoms with Crippen LogP contribution in [0.15, 0.2) is 96.1 Å². The van der Waals surface area contributed by atoms with Crippen molar-refractivity contribution in [2.24, 2.45) is 11.8 Å². The summed E-state index contributed by atoms with van der Waals surface area (Å²) in [5, 5.41) is 59.9. The molecule has 0 aromatic heterocycles. The fourth-order valence-corrected chi connectivity index (χ4v) is 6.34. The molecule has 0 saturated carbocycles. The number of phenols is 6. The molecular weight excluding hydrogens is 721 g/mol.